The van der Waals surface area contributed by atoms with E-state index in [1.165, 1.54) is 33.6 Å². The Morgan fingerprint density at radius 1 is 0.565 bits per heavy atom. The van der Waals surface area contributed by atoms with Gasteiger partial charge in [-0.25, -0.2) is 4.98 Å². The zero-order valence-corrected chi connectivity index (χ0v) is 24.5. The van der Waals surface area contributed by atoms with Gasteiger partial charge < -0.3 is 14.0 Å². The summed E-state index contributed by atoms with van der Waals surface area (Å²) in [5, 5.41) is 2.44. The molecule has 0 aliphatic rings. The largest absolute Gasteiger partial charge is 0.429 e. The molecule has 0 fully saturated rings. The molecule has 8 heteroatoms. The second-order valence-electron chi connectivity index (χ2n) is 10.6. The molecule has 222 valence electrons. The lowest BCUT2D eigenvalue weighted by Crippen LogP contribution is -1.99. The topological polar surface area (TPSA) is 96.2 Å². The lowest BCUT2D eigenvalue weighted by molar-refractivity contribution is -0.121. The maximum atomic E-state index is 11.2. The summed E-state index contributed by atoms with van der Waals surface area (Å²) in [5.41, 5.74) is 7.52. The Morgan fingerprint density at radius 3 is 1.98 bits per heavy atom. The normalized spacial score (nSPS) is 11.2. The van der Waals surface area contributed by atoms with Crippen molar-refractivity contribution in [3.05, 3.63) is 138 Å². The lowest BCUT2D eigenvalue weighted by Gasteiger charge is -2.09. The van der Waals surface area contributed by atoms with Crippen molar-refractivity contribution < 1.29 is 19.1 Å². The van der Waals surface area contributed by atoms with Gasteiger partial charge in [0.2, 0.25) is 0 Å². The van der Waals surface area contributed by atoms with E-state index in [0.717, 1.165) is 17.7 Å². The number of fused-ring (bicyclic) bond motifs is 3. The Labute approximate surface area is 264 Å². The minimum absolute atomic E-state index is 0.278. The molecular formula is C38H26N4O4. The second kappa shape index (κ2) is 12.7. The van der Waals surface area contributed by atoms with E-state index in [1.54, 1.807) is 30.5 Å². The first kappa shape index (κ1) is 28.4. The van der Waals surface area contributed by atoms with Crippen molar-refractivity contribution in [3.8, 4) is 34.3 Å². The van der Waals surface area contributed by atoms with Crippen LogP contribution in [0.2, 0.25) is 0 Å². The average Bonchev–Trinajstić information content (AvgIpc) is 3.40. The van der Waals surface area contributed by atoms with E-state index in [4.69, 9.17) is 14.5 Å². The zero-order valence-electron chi connectivity index (χ0n) is 24.5. The third-order valence-electron chi connectivity index (χ3n) is 7.66. The van der Waals surface area contributed by atoms with Crippen LogP contribution in [0.15, 0.2) is 122 Å². The number of nitrogens with zero attached hydrogens (tertiary/aromatic N) is 4. The standard InChI is InChI=1S/C38H26N4O4/c43-24-45-29-15-17-40-34(20-29)36-22-30(46-25-44)21-35(41-36)33-18-27(14-16-39-33)11-10-26-12-13-32-31-8-4-5-9-37(31)42(38(32)19-26)23-28-6-2-1-3-7-28/h1-22,24-25H,23H2/b11-10+. The molecule has 0 unspecified atom stereocenters. The summed E-state index contributed by atoms with van der Waals surface area (Å²) < 4.78 is 12.5. The zero-order chi connectivity index (χ0) is 31.3. The van der Waals surface area contributed by atoms with Crippen LogP contribution in [0.4, 0.5) is 0 Å². The third-order valence-corrected chi connectivity index (χ3v) is 7.66. The number of ether oxygens (including phenoxy) is 2. The van der Waals surface area contributed by atoms with Gasteiger partial charge in [-0.15, -0.1) is 0 Å². The number of carbonyl (C=O) groups is 2. The Bertz CT molecular complexity index is 2240. The number of rotatable bonds is 10. The summed E-state index contributed by atoms with van der Waals surface area (Å²) in [7, 11) is 0. The highest BCUT2D eigenvalue weighted by Gasteiger charge is 2.13. The molecule has 0 spiro atoms. The fourth-order valence-corrected chi connectivity index (χ4v) is 5.56. The van der Waals surface area contributed by atoms with E-state index in [1.807, 2.05) is 24.3 Å². The van der Waals surface area contributed by atoms with Crippen molar-refractivity contribution >= 4 is 46.9 Å². The van der Waals surface area contributed by atoms with Crippen molar-refractivity contribution in [3.63, 3.8) is 0 Å². The smallest absolute Gasteiger partial charge is 0.298 e. The van der Waals surface area contributed by atoms with Crippen LogP contribution in [0.1, 0.15) is 16.7 Å². The molecule has 0 N–H and O–H groups in total. The molecule has 0 amide bonds. The average molecular weight is 603 g/mol. The molecule has 4 heterocycles. The molecule has 0 saturated heterocycles. The lowest BCUT2D eigenvalue weighted by atomic mass is 10.1. The van der Waals surface area contributed by atoms with Crippen molar-refractivity contribution in [1.82, 2.24) is 19.5 Å². The minimum atomic E-state index is 0.278. The van der Waals surface area contributed by atoms with E-state index in [0.29, 0.717) is 41.5 Å². The van der Waals surface area contributed by atoms with Gasteiger partial charge in [0.1, 0.15) is 11.5 Å². The predicted molar refractivity (Wildman–Crippen MR) is 178 cm³/mol. The summed E-state index contributed by atoms with van der Waals surface area (Å²) in [4.78, 5) is 35.6. The van der Waals surface area contributed by atoms with E-state index >= 15 is 0 Å². The van der Waals surface area contributed by atoms with Crippen LogP contribution < -0.4 is 9.47 Å². The van der Waals surface area contributed by atoms with Crippen molar-refractivity contribution in [2.45, 2.75) is 6.54 Å². The summed E-state index contributed by atoms with van der Waals surface area (Å²) in [5.74, 6) is 0.592. The van der Waals surface area contributed by atoms with Gasteiger partial charge in [-0.05, 0) is 47.0 Å². The number of pyridine rings is 3. The van der Waals surface area contributed by atoms with Gasteiger partial charge in [-0.2, -0.15) is 0 Å². The van der Waals surface area contributed by atoms with Gasteiger partial charge in [-0.3, -0.25) is 19.6 Å². The van der Waals surface area contributed by atoms with Crippen LogP contribution in [0.3, 0.4) is 0 Å². The summed E-state index contributed by atoms with van der Waals surface area (Å²) >= 11 is 0. The fraction of sp³-hybridized carbons (Fsp3) is 0.0263. The number of hydrogen-bond acceptors (Lipinski definition) is 7. The number of benzene rings is 3. The number of carbonyl (C=O) groups excluding carboxylic acids is 2. The van der Waals surface area contributed by atoms with Crippen LogP contribution in [0.5, 0.6) is 11.5 Å². The first-order valence-corrected chi connectivity index (χ1v) is 14.6. The molecule has 4 aromatic heterocycles. The number of hydrogen-bond donors (Lipinski definition) is 0. The van der Waals surface area contributed by atoms with Crippen LogP contribution in [-0.2, 0) is 16.1 Å². The molecule has 0 saturated carbocycles. The molecule has 0 bridgehead atoms. The van der Waals surface area contributed by atoms with Gasteiger partial charge in [0.05, 0.1) is 28.3 Å². The second-order valence-corrected chi connectivity index (χ2v) is 10.6. The maximum Gasteiger partial charge on any atom is 0.298 e. The van der Waals surface area contributed by atoms with Gasteiger partial charge in [-0.1, -0.05) is 72.8 Å². The Morgan fingerprint density at radius 2 is 1.20 bits per heavy atom. The third kappa shape index (κ3) is 5.87. The summed E-state index contributed by atoms with van der Waals surface area (Å²) in [6.45, 7) is 1.47. The number of aromatic nitrogens is 4. The van der Waals surface area contributed by atoms with Crippen LogP contribution in [0, 0.1) is 0 Å². The molecule has 3 aromatic carbocycles. The van der Waals surface area contributed by atoms with E-state index < -0.39 is 0 Å². The summed E-state index contributed by atoms with van der Waals surface area (Å²) in [6.07, 6.45) is 7.33. The minimum Gasteiger partial charge on any atom is -0.429 e. The van der Waals surface area contributed by atoms with Crippen LogP contribution >= 0.6 is 0 Å². The maximum absolute atomic E-state index is 11.2. The van der Waals surface area contributed by atoms with Crippen LogP contribution in [0.25, 0.3) is 56.7 Å². The van der Waals surface area contributed by atoms with E-state index in [-0.39, 0.29) is 5.75 Å². The highest BCUT2D eigenvalue weighted by molar-refractivity contribution is 6.08. The molecule has 0 radical (unpaired) electrons. The molecule has 0 aliphatic carbocycles. The van der Waals surface area contributed by atoms with E-state index in [2.05, 4.69) is 87.3 Å². The molecule has 46 heavy (non-hydrogen) atoms. The Balaban J connectivity index is 1.22. The van der Waals surface area contributed by atoms with Crippen molar-refractivity contribution in [2.75, 3.05) is 0 Å². The van der Waals surface area contributed by atoms with Crippen LogP contribution in [-0.4, -0.2) is 32.5 Å². The summed E-state index contributed by atoms with van der Waals surface area (Å²) in [6, 6.07) is 35.7. The fourth-order valence-electron chi connectivity index (χ4n) is 5.56. The Kier molecular flexibility index (Phi) is 7.82. The molecule has 7 rings (SSSR count). The first-order valence-electron chi connectivity index (χ1n) is 14.6. The molecular weight excluding hydrogens is 576 g/mol. The molecule has 8 nitrogen and oxygen atoms in total. The molecule has 0 atom stereocenters. The molecule has 7 aromatic rings. The van der Waals surface area contributed by atoms with Gasteiger partial charge in [0.25, 0.3) is 12.9 Å². The monoisotopic (exact) mass is 602 g/mol. The highest BCUT2D eigenvalue weighted by Crippen LogP contribution is 2.32. The van der Waals surface area contributed by atoms with Crippen molar-refractivity contribution in [2.24, 2.45) is 0 Å². The van der Waals surface area contributed by atoms with Gasteiger partial charge in [0.15, 0.2) is 0 Å². The highest BCUT2D eigenvalue weighted by atomic mass is 16.5. The van der Waals surface area contributed by atoms with Gasteiger partial charge in [0, 0.05) is 53.4 Å². The quantitative estimate of drug-likeness (QED) is 0.149. The SMILES string of the molecule is O=COc1ccnc(-c2cc(OC=O)cc(-c3cc(/C=C/c4ccc5c6ccccc6n(Cc6ccccc6)c5c4)ccn3)n2)c1. The predicted octanol–water partition coefficient (Wildman–Crippen LogP) is 7.60. The van der Waals surface area contributed by atoms with Crippen molar-refractivity contribution in [1.29, 1.82) is 0 Å². The Hall–Kier alpha value is -6.41. The number of para-hydroxylation sites is 1. The first-order chi connectivity index (χ1) is 22.7. The van der Waals surface area contributed by atoms with E-state index in [9.17, 15) is 9.59 Å². The molecule has 0 aliphatic heterocycles. The van der Waals surface area contributed by atoms with Gasteiger partial charge >= 0.3 is 0 Å².